The summed E-state index contributed by atoms with van der Waals surface area (Å²) in [5.41, 5.74) is 0. The maximum absolute atomic E-state index is 12.7. The number of nitrogens with one attached hydrogen (secondary N) is 1. The van der Waals surface area contributed by atoms with Gasteiger partial charge < -0.3 is 9.88 Å². The zero-order chi connectivity index (χ0) is 14.9. The first-order valence-electron chi connectivity index (χ1n) is 7.15. The monoisotopic (exact) mass is 300 g/mol. The molecule has 1 aromatic rings. The maximum Gasteiger partial charge on any atom is 0.262 e. The molecule has 0 spiro atoms. The van der Waals surface area contributed by atoms with E-state index in [0.29, 0.717) is 13.1 Å². The molecule has 1 N–H and O–H groups in total. The van der Waals surface area contributed by atoms with Gasteiger partial charge in [-0.25, -0.2) is 13.4 Å². The molecule has 1 saturated heterocycles. The fourth-order valence-corrected chi connectivity index (χ4v) is 4.23. The van der Waals surface area contributed by atoms with Crippen molar-refractivity contribution in [2.24, 2.45) is 0 Å². The molecule has 2 atom stereocenters. The Morgan fingerprint density at radius 2 is 2.15 bits per heavy atom. The van der Waals surface area contributed by atoms with Gasteiger partial charge in [-0.15, -0.1) is 0 Å². The molecule has 1 fully saturated rings. The van der Waals surface area contributed by atoms with E-state index in [0.717, 1.165) is 18.8 Å². The topological polar surface area (TPSA) is 67.2 Å². The molecular weight excluding hydrogens is 276 g/mol. The van der Waals surface area contributed by atoms with E-state index in [1.165, 1.54) is 0 Å². The number of nitrogens with zero attached hydrogens (tertiary/aromatic N) is 3. The van der Waals surface area contributed by atoms with E-state index in [1.807, 2.05) is 25.3 Å². The van der Waals surface area contributed by atoms with Crippen LogP contribution in [0.15, 0.2) is 11.2 Å². The summed E-state index contributed by atoms with van der Waals surface area (Å²) in [6, 6.07) is 0.118. The predicted molar refractivity (Wildman–Crippen MR) is 78.1 cm³/mol. The molecule has 0 bridgehead atoms. The number of aryl methyl sites for hydroxylation is 2. The van der Waals surface area contributed by atoms with Gasteiger partial charge in [0.1, 0.15) is 5.82 Å². The average molecular weight is 300 g/mol. The van der Waals surface area contributed by atoms with Gasteiger partial charge in [0.25, 0.3) is 10.0 Å². The first kappa shape index (κ1) is 15.5. The third-order valence-corrected chi connectivity index (χ3v) is 5.55. The van der Waals surface area contributed by atoms with Gasteiger partial charge >= 0.3 is 0 Å². The highest BCUT2D eigenvalue weighted by Gasteiger charge is 2.35. The van der Waals surface area contributed by atoms with Crippen LogP contribution in [0.4, 0.5) is 0 Å². The lowest BCUT2D eigenvalue weighted by atomic mass is 10.2. The van der Waals surface area contributed by atoms with Crippen LogP contribution in [0, 0.1) is 6.92 Å². The Morgan fingerprint density at radius 3 is 2.80 bits per heavy atom. The van der Waals surface area contributed by atoms with E-state index in [4.69, 9.17) is 0 Å². The molecule has 0 amide bonds. The van der Waals surface area contributed by atoms with Crippen molar-refractivity contribution in [1.29, 1.82) is 0 Å². The SMILES string of the molecule is CCCn1cc(S(=O)(=O)N2CC(C)NCC2C)nc1C. The summed E-state index contributed by atoms with van der Waals surface area (Å²) in [4.78, 5) is 4.25. The van der Waals surface area contributed by atoms with Gasteiger partial charge in [-0.1, -0.05) is 6.92 Å². The zero-order valence-electron chi connectivity index (χ0n) is 12.6. The molecule has 2 unspecified atom stereocenters. The number of hydrogen-bond acceptors (Lipinski definition) is 4. The number of rotatable bonds is 4. The smallest absolute Gasteiger partial charge is 0.262 e. The minimum Gasteiger partial charge on any atom is -0.334 e. The Morgan fingerprint density at radius 1 is 1.45 bits per heavy atom. The Kier molecular flexibility index (Phi) is 4.51. The third kappa shape index (κ3) is 2.89. The summed E-state index contributed by atoms with van der Waals surface area (Å²) < 4.78 is 28.9. The highest BCUT2D eigenvalue weighted by Crippen LogP contribution is 2.20. The summed E-state index contributed by atoms with van der Waals surface area (Å²) in [6.45, 7) is 9.79. The van der Waals surface area contributed by atoms with Crippen molar-refractivity contribution < 1.29 is 8.42 Å². The summed E-state index contributed by atoms with van der Waals surface area (Å²) in [6.07, 6.45) is 2.62. The molecule has 7 heteroatoms. The van der Waals surface area contributed by atoms with Gasteiger partial charge in [0.05, 0.1) is 0 Å². The van der Waals surface area contributed by atoms with Gasteiger partial charge in [-0.3, -0.25) is 0 Å². The molecule has 1 aliphatic rings. The molecule has 114 valence electrons. The summed E-state index contributed by atoms with van der Waals surface area (Å²) in [5.74, 6) is 0.751. The average Bonchev–Trinajstić information content (AvgIpc) is 2.75. The van der Waals surface area contributed by atoms with Crippen LogP contribution in [0.25, 0.3) is 0 Å². The van der Waals surface area contributed by atoms with Crippen molar-refractivity contribution >= 4 is 10.0 Å². The van der Waals surface area contributed by atoms with Crippen molar-refractivity contribution in [3.63, 3.8) is 0 Å². The summed E-state index contributed by atoms with van der Waals surface area (Å²) in [5, 5.41) is 3.46. The maximum atomic E-state index is 12.7. The molecule has 0 saturated carbocycles. The predicted octanol–water partition coefficient (Wildman–Crippen LogP) is 0.972. The lowest BCUT2D eigenvalue weighted by molar-refractivity contribution is 0.244. The van der Waals surface area contributed by atoms with Crippen LogP contribution in [0.1, 0.15) is 33.0 Å². The van der Waals surface area contributed by atoms with Crippen LogP contribution < -0.4 is 5.32 Å². The fourth-order valence-electron chi connectivity index (χ4n) is 2.51. The van der Waals surface area contributed by atoms with Gasteiger partial charge in [0, 0.05) is 37.9 Å². The van der Waals surface area contributed by atoms with Crippen LogP contribution in [0.3, 0.4) is 0 Å². The largest absolute Gasteiger partial charge is 0.334 e. The molecule has 2 heterocycles. The van der Waals surface area contributed by atoms with Gasteiger partial charge in [-0.2, -0.15) is 4.31 Å². The first-order chi connectivity index (χ1) is 9.36. The Labute approximate surface area is 121 Å². The van der Waals surface area contributed by atoms with E-state index in [2.05, 4.69) is 17.2 Å². The second kappa shape index (κ2) is 5.83. The number of aromatic nitrogens is 2. The van der Waals surface area contributed by atoms with E-state index in [1.54, 1.807) is 10.5 Å². The lowest BCUT2D eigenvalue weighted by Crippen LogP contribution is -2.56. The molecule has 1 aliphatic heterocycles. The minimum atomic E-state index is -3.50. The Hall–Kier alpha value is -0.920. The van der Waals surface area contributed by atoms with E-state index >= 15 is 0 Å². The summed E-state index contributed by atoms with van der Waals surface area (Å²) in [7, 11) is -3.50. The Balaban J connectivity index is 2.31. The third-order valence-electron chi connectivity index (χ3n) is 3.70. The minimum absolute atomic E-state index is 0.0483. The van der Waals surface area contributed by atoms with E-state index in [-0.39, 0.29) is 17.1 Å². The standard InChI is InChI=1S/C13H24N4O2S/c1-5-6-16-9-13(15-12(16)4)20(18,19)17-8-10(2)14-7-11(17)3/h9-11,14H,5-8H2,1-4H3. The van der Waals surface area contributed by atoms with Crippen molar-refractivity contribution in [2.75, 3.05) is 13.1 Å². The van der Waals surface area contributed by atoms with Gasteiger partial charge in [0.15, 0.2) is 5.03 Å². The number of piperazine rings is 1. The lowest BCUT2D eigenvalue weighted by Gasteiger charge is -2.35. The van der Waals surface area contributed by atoms with Crippen molar-refractivity contribution in [2.45, 2.75) is 57.8 Å². The fraction of sp³-hybridized carbons (Fsp3) is 0.769. The van der Waals surface area contributed by atoms with Crippen LogP contribution in [-0.2, 0) is 16.6 Å². The number of hydrogen-bond donors (Lipinski definition) is 1. The first-order valence-corrected chi connectivity index (χ1v) is 8.59. The van der Waals surface area contributed by atoms with Crippen molar-refractivity contribution in [1.82, 2.24) is 19.2 Å². The Bertz CT molecular complexity index is 567. The summed E-state index contributed by atoms with van der Waals surface area (Å²) >= 11 is 0. The highest BCUT2D eigenvalue weighted by atomic mass is 32.2. The normalized spacial score (nSPS) is 25.0. The van der Waals surface area contributed by atoms with Crippen LogP contribution in [0.5, 0.6) is 0 Å². The molecule has 0 aliphatic carbocycles. The number of sulfonamides is 1. The molecule has 6 nitrogen and oxygen atoms in total. The highest BCUT2D eigenvalue weighted by molar-refractivity contribution is 7.89. The van der Waals surface area contributed by atoms with E-state index < -0.39 is 10.0 Å². The molecule has 1 aromatic heterocycles. The quantitative estimate of drug-likeness (QED) is 0.900. The molecular formula is C13H24N4O2S. The molecule has 0 radical (unpaired) electrons. The van der Waals surface area contributed by atoms with Crippen LogP contribution in [0.2, 0.25) is 0 Å². The zero-order valence-corrected chi connectivity index (χ0v) is 13.4. The van der Waals surface area contributed by atoms with Crippen LogP contribution >= 0.6 is 0 Å². The molecule has 0 aromatic carbocycles. The van der Waals surface area contributed by atoms with Gasteiger partial charge in [-0.05, 0) is 27.2 Å². The van der Waals surface area contributed by atoms with E-state index in [9.17, 15) is 8.42 Å². The number of imidazole rings is 1. The second-order valence-electron chi connectivity index (χ2n) is 5.55. The second-order valence-corrected chi connectivity index (χ2v) is 7.39. The van der Waals surface area contributed by atoms with Crippen LogP contribution in [-0.4, -0.2) is 47.4 Å². The van der Waals surface area contributed by atoms with Gasteiger partial charge in [0.2, 0.25) is 0 Å². The molecule has 2 rings (SSSR count). The van der Waals surface area contributed by atoms with Crippen molar-refractivity contribution in [3.05, 3.63) is 12.0 Å². The van der Waals surface area contributed by atoms with Crippen molar-refractivity contribution in [3.8, 4) is 0 Å². The molecule has 20 heavy (non-hydrogen) atoms.